The molecular formula is C15H16F3N3. The van der Waals surface area contributed by atoms with Crippen LogP contribution in [0.25, 0.3) is 11.3 Å². The fourth-order valence-corrected chi connectivity index (χ4v) is 2.57. The van der Waals surface area contributed by atoms with Crippen LogP contribution in [-0.2, 0) is 11.7 Å². The number of halogens is 3. The molecule has 0 saturated heterocycles. The highest BCUT2D eigenvalue weighted by Crippen LogP contribution is 2.43. The lowest BCUT2D eigenvalue weighted by molar-refractivity contribution is -0.137. The van der Waals surface area contributed by atoms with Gasteiger partial charge in [-0.2, -0.15) is 13.2 Å². The number of nitrogens with one attached hydrogen (secondary N) is 1. The first-order valence-electron chi connectivity index (χ1n) is 6.81. The van der Waals surface area contributed by atoms with Crippen molar-refractivity contribution in [3.05, 3.63) is 41.9 Å². The third-order valence-electron chi connectivity index (χ3n) is 4.03. The molecule has 1 aliphatic rings. The van der Waals surface area contributed by atoms with E-state index in [0.29, 0.717) is 17.4 Å². The molecule has 6 heteroatoms. The van der Waals surface area contributed by atoms with Crippen molar-refractivity contribution in [1.29, 1.82) is 0 Å². The number of imidazole rings is 1. The van der Waals surface area contributed by atoms with Gasteiger partial charge >= 0.3 is 6.18 Å². The number of nitrogens with two attached hydrogens (primary N) is 1. The van der Waals surface area contributed by atoms with Gasteiger partial charge in [-0.25, -0.2) is 4.98 Å². The minimum atomic E-state index is -4.40. The van der Waals surface area contributed by atoms with E-state index in [4.69, 9.17) is 5.73 Å². The second-order valence-corrected chi connectivity index (χ2v) is 5.75. The highest BCUT2D eigenvalue weighted by Gasteiger charge is 2.42. The second-order valence-electron chi connectivity index (χ2n) is 5.75. The molecule has 3 nitrogen and oxygen atoms in total. The van der Waals surface area contributed by atoms with E-state index in [1.165, 1.54) is 18.3 Å². The van der Waals surface area contributed by atoms with E-state index >= 15 is 0 Å². The zero-order valence-corrected chi connectivity index (χ0v) is 11.5. The first-order chi connectivity index (χ1) is 9.80. The number of hydrogen-bond donors (Lipinski definition) is 2. The number of aromatic amines is 1. The van der Waals surface area contributed by atoms with Crippen LogP contribution in [0.2, 0.25) is 0 Å². The average molecular weight is 295 g/mol. The summed E-state index contributed by atoms with van der Waals surface area (Å²) >= 11 is 0. The number of H-pyrrole nitrogens is 1. The number of nitrogens with zero attached hydrogens (tertiary/aromatic N) is 1. The standard InChI is InChI=1S/C15H16F3N3/c1-14(19,9-6-7-9)13-20-8-12(21-13)10-4-2-3-5-11(10)15(16,17)18/h2-5,8-9H,6-7,19H2,1H3,(H,20,21). The van der Waals surface area contributed by atoms with Crippen molar-refractivity contribution in [2.75, 3.05) is 0 Å². The molecule has 1 aliphatic carbocycles. The van der Waals surface area contributed by atoms with Crippen LogP contribution >= 0.6 is 0 Å². The van der Waals surface area contributed by atoms with Crippen LogP contribution in [0.1, 0.15) is 31.2 Å². The molecule has 3 rings (SSSR count). The summed E-state index contributed by atoms with van der Waals surface area (Å²) in [5.74, 6) is 0.881. The minimum Gasteiger partial charge on any atom is -0.340 e. The Morgan fingerprint density at radius 3 is 2.52 bits per heavy atom. The summed E-state index contributed by atoms with van der Waals surface area (Å²) in [7, 11) is 0. The molecule has 1 unspecified atom stereocenters. The zero-order chi connectivity index (χ0) is 15.3. The number of aromatic nitrogens is 2. The summed E-state index contributed by atoms with van der Waals surface area (Å²) in [6.45, 7) is 1.86. The molecular weight excluding hydrogens is 279 g/mol. The van der Waals surface area contributed by atoms with Crippen LogP contribution in [0.4, 0.5) is 13.2 Å². The monoisotopic (exact) mass is 295 g/mol. The molecule has 0 amide bonds. The van der Waals surface area contributed by atoms with Crippen LogP contribution in [0.5, 0.6) is 0 Å². The van der Waals surface area contributed by atoms with E-state index in [9.17, 15) is 13.2 Å². The van der Waals surface area contributed by atoms with Gasteiger partial charge in [0.05, 0.1) is 23.0 Å². The Hall–Kier alpha value is -1.82. The Labute approximate surface area is 120 Å². The molecule has 0 aliphatic heterocycles. The Bertz CT molecular complexity index is 654. The molecule has 0 bridgehead atoms. The molecule has 0 radical (unpaired) electrons. The van der Waals surface area contributed by atoms with Crippen molar-refractivity contribution in [3.63, 3.8) is 0 Å². The van der Waals surface area contributed by atoms with Crippen molar-refractivity contribution in [3.8, 4) is 11.3 Å². The van der Waals surface area contributed by atoms with E-state index in [0.717, 1.165) is 18.9 Å². The molecule has 1 saturated carbocycles. The minimum absolute atomic E-state index is 0.0929. The van der Waals surface area contributed by atoms with Crippen molar-refractivity contribution in [2.24, 2.45) is 11.7 Å². The van der Waals surface area contributed by atoms with E-state index in [2.05, 4.69) is 9.97 Å². The Balaban J connectivity index is 2.01. The van der Waals surface area contributed by atoms with Crippen molar-refractivity contribution in [1.82, 2.24) is 9.97 Å². The third-order valence-corrected chi connectivity index (χ3v) is 4.03. The summed E-state index contributed by atoms with van der Waals surface area (Å²) in [6.07, 6.45) is -0.915. The highest BCUT2D eigenvalue weighted by atomic mass is 19.4. The maximum absolute atomic E-state index is 13.1. The predicted octanol–water partition coefficient (Wildman–Crippen LogP) is 3.68. The second kappa shape index (κ2) is 4.59. The quantitative estimate of drug-likeness (QED) is 0.907. The fourth-order valence-electron chi connectivity index (χ4n) is 2.57. The SMILES string of the molecule is CC(N)(c1ncc(-c2ccccc2C(F)(F)F)[nH]1)C1CC1. The van der Waals surface area contributed by atoms with Crippen LogP contribution in [0, 0.1) is 5.92 Å². The van der Waals surface area contributed by atoms with E-state index in [-0.39, 0.29) is 5.56 Å². The Morgan fingerprint density at radius 1 is 1.24 bits per heavy atom. The van der Waals surface area contributed by atoms with Gasteiger partial charge in [-0.1, -0.05) is 18.2 Å². The summed E-state index contributed by atoms with van der Waals surface area (Å²) < 4.78 is 39.2. The number of hydrogen-bond acceptors (Lipinski definition) is 2. The lowest BCUT2D eigenvalue weighted by Crippen LogP contribution is -2.36. The van der Waals surface area contributed by atoms with Gasteiger partial charge in [0.25, 0.3) is 0 Å². The summed E-state index contributed by atoms with van der Waals surface area (Å²) in [6, 6.07) is 5.46. The van der Waals surface area contributed by atoms with E-state index in [1.54, 1.807) is 6.07 Å². The molecule has 112 valence electrons. The molecule has 0 spiro atoms. The van der Waals surface area contributed by atoms with Crippen LogP contribution < -0.4 is 5.73 Å². The van der Waals surface area contributed by atoms with Crippen molar-refractivity contribution >= 4 is 0 Å². The van der Waals surface area contributed by atoms with Gasteiger partial charge < -0.3 is 10.7 Å². The predicted molar refractivity (Wildman–Crippen MR) is 73.3 cm³/mol. The molecule has 1 aromatic heterocycles. The first-order valence-corrected chi connectivity index (χ1v) is 6.81. The Morgan fingerprint density at radius 2 is 1.90 bits per heavy atom. The molecule has 3 N–H and O–H groups in total. The summed E-state index contributed by atoms with van der Waals surface area (Å²) in [5, 5.41) is 0. The summed E-state index contributed by atoms with van der Waals surface area (Å²) in [5.41, 5.74) is 5.38. The van der Waals surface area contributed by atoms with E-state index < -0.39 is 17.3 Å². The van der Waals surface area contributed by atoms with Gasteiger partial charge in [-0.05, 0) is 31.7 Å². The van der Waals surface area contributed by atoms with Gasteiger partial charge in [-0.15, -0.1) is 0 Å². The maximum atomic E-state index is 13.1. The average Bonchev–Trinajstić information content (AvgIpc) is 3.16. The highest BCUT2D eigenvalue weighted by molar-refractivity contribution is 5.64. The van der Waals surface area contributed by atoms with Gasteiger partial charge in [0, 0.05) is 5.56 Å². The van der Waals surface area contributed by atoms with Crippen molar-refractivity contribution in [2.45, 2.75) is 31.5 Å². The molecule has 21 heavy (non-hydrogen) atoms. The first kappa shape index (κ1) is 14.1. The molecule has 1 aromatic carbocycles. The van der Waals surface area contributed by atoms with Gasteiger partial charge in [0.2, 0.25) is 0 Å². The van der Waals surface area contributed by atoms with Gasteiger partial charge in [-0.3, -0.25) is 0 Å². The lowest BCUT2D eigenvalue weighted by Gasteiger charge is -2.21. The maximum Gasteiger partial charge on any atom is 0.417 e. The molecule has 2 aromatic rings. The number of alkyl halides is 3. The Kier molecular flexibility index (Phi) is 3.09. The van der Waals surface area contributed by atoms with Crippen molar-refractivity contribution < 1.29 is 13.2 Å². The van der Waals surface area contributed by atoms with Gasteiger partial charge in [0.15, 0.2) is 0 Å². The normalized spacial score (nSPS) is 18.5. The van der Waals surface area contributed by atoms with Crippen LogP contribution in [0.15, 0.2) is 30.5 Å². The lowest BCUT2D eigenvalue weighted by atomic mass is 9.96. The number of rotatable bonds is 3. The van der Waals surface area contributed by atoms with Crippen LogP contribution in [0.3, 0.4) is 0 Å². The molecule has 1 atom stereocenters. The zero-order valence-electron chi connectivity index (χ0n) is 11.5. The smallest absolute Gasteiger partial charge is 0.340 e. The van der Waals surface area contributed by atoms with Crippen LogP contribution in [-0.4, -0.2) is 9.97 Å². The van der Waals surface area contributed by atoms with Gasteiger partial charge in [0.1, 0.15) is 5.82 Å². The topological polar surface area (TPSA) is 54.7 Å². The van der Waals surface area contributed by atoms with E-state index in [1.807, 2.05) is 6.92 Å². The number of benzene rings is 1. The summed E-state index contributed by atoms with van der Waals surface area (Å²) in [4.78, 5) is 7.17. The molecule has 1 fully saturated rings. The molecule has 1 heterocycles. The third kappa shape index (κ3) is 2.55. The largest absolute Gasteiger partial charge is 0.417 e. The fraction of sp³-hybridized carbons (Fsp3) is 0.400.